The molecule has 0 spiro atoms. The quantitative estimate of drug-likeness (QED) is 0.503. The minimum absolute atomic E-state index is 0.184. The fourth-order valence-corrected chi connectivity index (χ4v) is 6.11. The number of amides is 2. The van der Waals surface area contributed by atoms with Crippen LogP contribution in [0.25, 0.3) is 10.8 Å². The Hall–Kier alpha value is -2.93. The van der Waals surface area contributed by atoms with Gasteiger partial charge in [-0.3, -0.25) is 14.5 Å². The number of fused-ring (bicyclic) bond motifs is 1. The number of nitrogens with one attached hydrogen (secondary N) is 2. The highest BCUT2D eigenvalue weighted by Gasteiger charge is 2.42. The summed E-state index contributed by atoms with van der Waals surface area (Å²) in [7, 11) is -3.61. The Labute approximate surface area is 213 Å². The second kappa shape index (κ2) is 10.6. The fraction of sp³-hybridized carbons (Fsp3) is 0.481. The molecule has 2 aromatic carbocycles. The first-order chi connectivity index (χ1) is 17.1. The number of piperidine rings is 1. The molecule has 192 valence electrons. The molecule has 0 radical (unpaired) electrons. The number of rotatable bonds is 9. The van der Waals surface area contributed by atoms with E-state index < -0.39 is 21.5 Å². The minimum Gasteiger partial charge on any atom is -0.346 e. The zero-order chi connectivity index (χ0) is 25.9. The van der Waals surface area contributed by atoms with E-state index in [-0.39, 0.29) is 31.1 Å². The molecule has 0 unspecified atom stereocenters. The monoisotopic (exact) mass is 510 g/mol. The van der Waals surface area contributed by atoms with E-state index >= 15 is 0 Å². The average Bonchev–Trinajstić information content (AvgIpc) is 3.64. The molecule has 1 saturated heterocycles. The number of terminal acetylenes is 1. The van der Waals surface area contributed by atoms with Crippen molar-refractivity contribution in [3.63, 3.8) is 0 Å². The molecule has 2 aliphatic rings. The molecular formula is C27H34N4O4S. The number of hydrogen-bond donors (Lipinski definition) is 2. The third kappa shape index (κ3) is 6.06. The maximum absolute atomic E-state index is 12.6. The summed E-state index contributed by atoms with van der Waals surface area (Å²) >= 11 is 0. The Bertz CT molecular complexity index is 1270. The van der Waals surface area contributed by atoms with Gasteiger partial charge in [0.15, 0.2) is 0 Å². The predicted molar refractivity (Wildman–Crippen MR) is 140 cm³/mol. The lowest BCUT2D eigenvalue weighted by molar-refractivity contribution is -0.126. The van der Waals surface area contributed by atoms with Gasteiger partial charge < -0.3 is 10.6 Å². The van der Waals surface area contributed by atoms with Gasteiger partial charge in [-0.1, -0.05) is 48.4 Å². The number of hydrogen-bond acceptors (Lipinski definition) is 5. The van der Waals surface area contributed by atoms with Gasteiger partial charge in [0.2, 0.25) is 21.8 Å². The van der Waals surface area contributed by atoms with Crippen molar-refractivity contribution in [1.82, 2.24) is 19.8 Å². The summed E-state index contributed by atoms with van der Waals surface area (Å²) in [4.78, 5) is 27.0. The third-order valence-electron chi connectivity index (χ3n) is 7.30. The molecule has 1 heterocycles. The SMILES string of the molecule is C#CC1(NC(=O)CNC(=O)CN(C2CCN([C@H](C)c3cccc4ccccc34)CC2)S(C)(=O)=O)CC1. The normalized spacial score (nSPS) is 18.9. The Kier molecular flexibility index (Phi) is 7.69. The van der Waals surface area contributed by atoms with Crippen molar-refractivity contribution >= 4 is 32.6 Å². The van der Waals surface area contributed by atoms with Crippen molar-refractivity contribution < 1.29 is 18.0 Å². The summed E-state index contributed by atoms with van der Waals surface area (Å²) in [6.07, 6.45) is 9.25. The van der Waals surface area contributed by atoms with Crippen LogP contribution in [0.1, 0.15) is 44.2 Å². The van der Waals surface area contributed by atoms with Gasteiger partial charge in [0, 0.05) is 25.2 Å². The summed E-state index contributed by atoms with van der Waals surface area (Å²) in [6, 6.07) is 14.6. The first-order valence-corrected chi connectivity index (χ1v) is 14.2. The fourth-order valence-electron chi connectivity index (χ4n) is 5.01. The lowest BCUT2D eigenvalue weighted by atomic mass is 9.96. The van der Waals surface area contributed by atoms with Gasteiger partial charge in [-0.25, -0.2) is 8.42 Å². The topological polar surface area (TPSA) is 98.8 Å². The van der Waals surface area contributed by atoms with Crippen molar-refractivity contribution in [2.75, 3.05) is 32.4 Å². The Morgan fingerprint density at radius 3 is 2.44 bits per heavy atom. The summed E-state index contributed by atoms with van der Waals surface area (Å²) < 4.78 is 26.4. The molecule has 0 bridgehead atoms. The number of carbonyl (C=O) groups is 2. The van der Waals surface area contributed by atoms with Crippen molar-refractivity contribution in [2.24, 2.45) is 0 Å². The zero-order valence-electron chi connectivity index (χ0n) is 20.9. The molecule has 0 aromatic heterocycles. The van der Waals surface area contributed by atoms with Crippen LogP contribution in [0, 0.1) is 12.3 Å². The van der Waals surface area contributed by atoms with Crippen LogP contribution in [0.4, 0.5) is 0 Å². The Morgan fingerprint density at radius 2 is 1.81 bits per heavy atom. The van der Waals surface area contributed by atoms with Crippen molar-refractivity contribution in [2.45, 2.75) is 50.2 Å². The molecule has 2 N–H and O–H groups in total. The second-order valence-corrected chi connectivity index (χ2v) is 11.8. The van der Waals surface area contributed by atoms with Gasteiger partial charge in [0.05, 0.1) is 19.3 Å². The van der Waals surface area contributed by atoms with Crippen molar-refractivity contribution in [3.05, 3.63) is 48.0 Å². The van der Waals surface area contributed by atoms with Gasteiger partial charge in [-0.05, 0) is 48.9 Å². The summed E-state index contributed by atoms with van der Waals surface area (Å²) in [5, 5.41) is 7.69. The van der Waals surface area contributed by atoms with E-state index in [2.05, 4.69) is 58.7 Å². The van der Waals surface area contributed by atoms with Gasteiger partial charge in [-0.2, -0.15) is 4.31 Å². The van der Waals surface area contributed by atoms with E-state index in [0.717, 1.165) is 32.2 Å². The average molecular weight is 511 g/mol. The molecule has 2 fully saturated rings. The van der Waals surface area contributed by atoms with Crippen LogP contribution in [0.3, 0.4) is 0 Å². The maximum Gasteiger partial charge on any atom is 0.240 e. The molecule has 2 amide bonds. The molecule has 4 rings (SSSR count). The number of carbonyl (C=O) groups excluding carboxylic acids is 2. The zero-order valence-corrected chi connectivity index (χ0v) is 21.7. The molecular weight excluding hydrogens is 476 g/mol. The van der Waals surface area contributed by atoms with Gasteiger partial charge in [0.1, 0.15) is 5.54 Å². The summed E-state index contributed by atoms with van der Waals surface area (Å²) in [5.74, 6) is 1.68. The Morgan fingerprint density at radius 1 is 1.14 bits per heavy atom. The second-order valence-electron chi connectivity index (χ2n) is 9.87. The molecule has 1 saturated carbocycles. The van der Waals surface area contributed by atoms with Crippen LogP contribution in [-0.2, 0) is 19.6 Å². The molecule has 36 heavy (non-hydrogen) atoms. The largest absolute Gasteiger partial charge is 0.346 e. The van der Waals surface area contributed by atoms with E-state index in [1.54, 1.807) is 0 Å². The molecule has 8 nitrogen and oxygen atoms in total. The maximum atomic E-state index is 12.6. The Balaban J connectivity index is 1.34. The van der Waals surface area contributed by atoms with Crippen LogP contribution in [0.15, 0.2) is 42.5 Å². The first kappa shape index (κ1) is 26.1. The van der Waals surface area contributed by atoms with E-state index in [1.807, 2.05) is 12.1 Å². The number of nitrogens with zero attached hydrogens (tertiary/aromatic N) is 2. The van der Waals surface area contributed by atoms with Crippen molar-refractivity contribution in [3.8, 4) is 12.3 Å². The molecule has 1 aliphatic heterocycles. The summed E-state index contributed by atoms with van der Waals surface area (Å²) in [6.45, 7) is 3.08. The lowest BCUT2D eigenvalue weighted by Crippen LogP contribution is -2.51. The molecule has 1 aliphatic carbocycles. The van der Waals surface area contributed by atoms with Crippen LogP contribution in [0.2, 0.25) is 0 Å². The molecule has 1 atom stereocenters. The highest BCUT2D eigenvalue weighted by molar-refractivity contribution is 7.88. The number of sulfonamides is 1. The predicted octanol–water partition coefficient (Wildman–Crippen LogP) is 2.03. The standard InChI is InChI=1S/C27H34N4O4S/c1-4-27(14-15-27)29-25(32)18-28-26(33)19-31(36(3,34)35)22-12-16-30(17-13-22)20(2)23-11-7-9-21-8-5-6-10-24(21)23/h1,5-11,20,22H,12-19H2,2-3H3,(H,28,33)(H,29,32)/t20-/m1/s1. The smallest absolute Gasteiger partial charge is 0.240 e. The van der Waals surface area contributed by atoms with E-state index in [9.17, 15) is 18.0 Å². The van der Waals surface area contributed by atoms with Gasteiger partial charge in [0.25, 0.3) is 0 Å². The van der Waals surface area contributed by atoms with E-state index in [4.69, 9.17) is 6.42 Å². The molecule has 9 heteroatoms. The van der Waals surface area contributed by atoms with Gasteiger partial charge in [-0.15, -0.1) is 6.42 Å². The summed E-state index contributed by atoms with van der Waals surface area (Å²) in [5.41, 5.74) is 0.666. The van der Waals surface area contributed by atoms with Crippen molar-refractivity contribution in [1.29, 1.82) is 0 Å². The first-order valence-electron chi connectivity index (χ1n) is 12.4. The number of likely N-dealkylation sites (tertiary alicyclic amines) is 1. The van der Waals surface area contributed by atoms with Crippen LogP contribution in [0.5, 0.6) is 0 Å². The number of benzene rings is 2. The van der Waals surface area contributed by atoms with Crippen LogP contribution >= 0.6 is 0 Å². The highest BCUT2D eigenvalue weighted by Crippen LogP contribution is 2.34. The van der Waals surface area contributed by atoms with E-state index in [1.165, 1.54) is 20.6 Å². The van der Waals surface area contributed by atoms with E-state index in [0.29, 0.717) is 12.8 Å². The lowest BCUT2D eigenvalue weighted by Gasteiger charge is -2.39. The van der Waals surface area contributed by atoms with Crippen LogP contribution in [-0.4, -0.2) is 73.5 Å². The van der Waals surface area contributed by atoms with Crippen LogP contribution < -0.4 is 10.6 Å². The molecule has 2 aromatic rings. The minimum atomic E-state index is -3.61. The van der Waals surface area contributed by atoms with Gasteiger partial charge >= 0.3 is 0 Å². The highest BCUT2D eigenvalue weighted by atomic mass is 32.2. The third-order valence-corrected chi connectivity index (χ3v) is 8.58.